The van der Waals surface area contributed by atoms with Crippen molar-refractivity contribution in [1.82, 2.24) is 9.80 Å². The number of aliphatic hydroxyl groups is 1. The quantitative estimate of drug-likeness (QED) is 0.705. The monoisotopic (exact) mass is 453 g/mol. The van der Waals surface area contributed by atoms with Crippen molar-refractivity contribution < 1.29 is 9.90 Å². The first-order chi connectivity index (χ1) is 14.4. The van der Waals surface area contributed by atoms with Gasteiger partial charge in [-0.3, -0.25) is 4.79 Å². The summed E-state index contributed by atoms with van der Waals surface area (Å²) in [6.07, 6.45) is 6.72. The average Bonchev–Trinajstić information content (AvgIpc) is 3.51. The molecule has 2 unspecified atom stereocenters. The first-order valence-electron chi connectivity index (χ1n) is 11.3. The van der Waals surface area contributed by atoms with Crippen molar-refractivity contribution in [3.8, 4) is 0 Å². The molecule has 2 atom stereocenters. The van der Waals surface area contributed by atoms with Crippen molar-refractivity contribution in [2.45, 2.75) is 57.5 Å². The van der Waals surface area contributed by atoms with E-state index in [2.05, 4.69) is 16.7 Å². The minimum absolute atomic E-state index is 0.0169. The maximum atomic E-state index is 12.9. The summed E-state index contributed by atoms with van der Waals surface area (Å²) in [4.78, 5) is 19.6. The van der Waals surface area contributed by atoms with Crippen LogP contribution in [0.25, 0.3) is 0 Å². The Morgan fingerprint density at radius 3 is 2.50 bits per heavy atom. The number of carbonyl (C=O) groups excluding carboxylic acids is 1. The van der Waals surface area contributed by atoms with E-state index in [1.165, 1.54) is 25.7 Å². The molecule has 3 fully saturated rings. The van der Waals surface area contributed by atoms with Crippen LogP contribution in [-0.4, -0.2) is 72.2 Å². The molecule has 1 saturated carbocycles. The smallest absolute Gasteiger partial charge is 0.224 e. The zero-order valence-electron chi connectivity index (χ0n) is 17.8. The average molecular weight is 454 g/mol. The fourth-order valence-corrected chi connectivity index (χ4v) is 5.36. The van der Waals surface area contributed by atoms with E-state index in [1.54, 1.807) is 6.07 Å². The largest absolute Gasteiger partial charge is 0.394 e. The Morgan fingerprint density at radius 1 is 1.13 bits per heavy atom. The summed E-state index contributed by atoms with van der Waals surface area (Å²) in [5.41, 5.74) is 1.66. The minimum Gasteiger partial charge on any atom is -0.394 e. The van der Waals surface area contributed by atoms with Gasteiger partial charge < -0.3 is 19.8 Å². The van der Waals surface area contributed by atoms with Crippen molar-refractivity contribution in [3.05, 3.63) is 28.2 Å². The van der Waals surface area contributed by atoms with Crippen LogP contribution >= 0.6 is 23.2 Å². The van der Waals surface area contributed by atoms with Crippen LogP contribution < -0.4 is 4.90 Å². The second-order valence-electron chi connectivity index (χ2n) is 9.40. The molecule has 7 heteroatoms. The number of carbonyl (C=O) groups is 1. The predicted molar refractivity (Wildman–Crippen MR) is 122 cm³/mol. The van der Waals surface area contributed by atoms with Gasteiger partial charge in [0.05, 0.1) is 22.7 Å². The number of hydrogen-bond donors (Lipinski definition) is 1. The number of anilines is 1. The summed E-state index contributed by atoms with van der Waals surface area (Å²) in [5.74, 6) is 0.124. The van der Waals surface area contributed by atoms with Gasteiger partial charge in [-0.2, -0.15) is 0 Å². The van der Waals surface area contributed by atoms with Crippen molar-refractivity contribution in [2.24, 2.45) is 5.41 Å². The maximum Gasteiger partial charge on any atom is 0.224 e. The fourth-order valence-electron chi connectivity index (χ4n) is 5.07. The van der Waals surface area contributed by atoms with Crippen LogP contribution in [0, 0.1) is 5.41 Å². The van der Waals surface area contributed by atoms with E-state index in [-0.39, 0.29) is 24.6 Å². The molecule has 1 aliphatic carbocycles. The molecular weight excluding hydrogens is 421 g/mol. The van der Waals surface area contributed by atoms with Gasteiger partial charge >= 0.3 is 0 Å². The van der Waals surface area contributed by atoms with Crippen LogP contribution in [0.15, 0.2) is 18.2 Å². The molecule has 4 rings (SSSR count). The van der Waals surface area contributed by atoms with Gasteiger partial charge in [0.25, 0.3) is 0 Å². The lowest BCUT2D eigenvalue weighted by Gasteiger charge is -2.36. The van der Waals surface area contributed by atoms with E-state index in [4.69, 9.17) is 23.2 Å². The molecule has 30 heavy (non-hydrogen) atoms. The van der Waals surface area contributed by atoms with Gasteiger partial charge in [-0.1, -0.05) is 23.2 Å². The molecule has 2 heterocycles. The first-order valence-corrected chi connectivity index (χ1v) is 12.0. The summed E-state index contributed by atoms with van der Waals surface area (Å²) in [6, 6.07) is 5.64. The highest BCUT2D eigenvalue weighted by Crippen LogP contribution is 2.53. The van der Waals surface area contributed by atoms with Crippen molar-refractivity contribution in [2.75, 3.05) is 44.2 Å². The number of benzene rings is 1. The topological polar surface area (TPSA) is 47.0 Å². The molecule has 1 spiro atoms. The molecule has 1 aromatic carbocycles. The molecule has 1 N–H and O–H groups in total. The van der Waals surface area contributed by atoms with Gasteiger partial charge in [-0.15, -0.1) is 0 Å². The summed E-state index contributed by atoms with van der Waals surface area (Å²) < 4.78 is 0. The second kappa shape index (κ2) is 9.23. The van der Waals surface area contributed by atoms with Crippen molar-refractivity contribution in [3.63, 3.8) is 0 Å². The number of rotatable bonds is 6. The van der Waals surface area contributed by atoms with Gasteiger partial charge in [0, 0.05) is 37.8 Å². The zero-order chi connectivity index (χ0) is 21.3. The van der Waals surface area contributed by atoms with E-state index in [1.807, 2.05) is 17.0 Å². The number of aliphatic hydroxyl groups excluding tert-OH is 1. The van der Waals surface area contributed by atoms with Crippen LogP contribution in [0.4, 0.5) is 5.69 Å². The Morgan fingerprint density at radius 2 is 1.87 bits per heavy atom. The third kappa shape index (κ3) is 4.90. The minimum atomic E-state index is -0.120. The number of amides is 1. The Bertz CT molecular complexity index is 761. The van der Waals surface area contributed by atoms with Crippen LogP contribution in [-0.2, 0) is 4.79 Å². The highest BCUT2D eigenvalue weighted by atomic mass is 35.5. The lowest BCUT2D eigenvalue weighted by molar-refractivity contribution is -0.134. The van der Waals surface area contributed by atoms with E-state index < -0.39 is 0 Å². The van der Waals surface area contributed by atoms with E-state index in [9.17, 15) is 9.90 Å². The second-order valence-corrected chi connectivity index (χ2v) is 10.2. The summed E-state index contributed by atoms with van der Waals surface area (Å²) >= 11 is 12.3. The molecule has 166 valence electrons. The summed E-state index contributed by atoms with van der Waals surface area (Å²) in [5, 5.41) is 11.1. The Kier molecular flexibility index (Phi) is 6.83. The van der Waals surface area contributed by atoms with Gasteiger partial charge in [-0.05, 0) is 75.7 Å². The maximum absolute atomic E-state index is 12.9. The molecule has 5 nitrogen and oxygen atoms in total. The SMILES string of the molecule is CC1CN(C(CO)CCN2CCC3(CC2)CC3)C(=O)CCN1c1ccc(Cl)c(Cl)c1. The normalized spacial score (nSPS) is 25.5. The molecule has 3 aliphatic rings. The van der Waals surface area contributed by atoms with Gasteiger partial charge in [-0.25, -0.2) is 0 Å². The molecule has 0 radical (unpaired) electrons. The zero-order valence-corrected chi connectivity index (χ0v) is 19.3. The molecule has 1 aromatic rings. The van der Waals surface area contributed by atoms with E-state index in [0.29, 0.717) is 35.0 Å². The standard InChI is InChI=1S/C23H33Cl2N3O2/c1-17-15-28(19(16-29)4-10-26-12-8-23(6-7-23)9-13-26)22(30)5-11-27(17)18-2-3-20(24)21(25)14-18/h2-3,14,17,19,29H,4-13,15-16H2,1H3. The Hall–Kier alpha value is -1.01. The molecule has 2 aliphatic heterocycles. The highest BCUT2D eigenvalue weighted by Gasteiger charge is 2.44. The number of hydrogen-bond acceptors (Lipinski definition) is 4. The molecule has 0 aromatic heterocycles. The van der Waals surface area contributed by atoms with E-state index >= 15 is 0 Å². The van der Waals surface area contributed by atoms with Crippen LogP contribution in [0.1, 0.15) is 45.4 Å². The first kappa shape index (κ1) is 22.2. The number of nitrogens with zero attached hydrogens (tertiary/aromatic N) is 3. The predicted octanol–water partition coefficient (Wildman–Crippen LogP) is 4.05. The number of likely N-dealkylation sites (tertiary alicyclic amines) is 1. The Balaban J connectivity index is 1.37. The molecular formula is C23H33Cl2N3O2. The molecule has 0 bridgehead atoms. The Labute approximate surface area is 189 Å². The fraction of sp³-hybridized carbons (Fsp3) is 0.696. The van der Waals surface area contributed by atoms with Crippen molar-refractivity contribution in [1.29, 1.82) is 0 Å². The highest BCUT2D eigenvalue weighted by molar-refractivity contribution is 6.42. The van der Waals surface area contributed by atoms with Crippen molar-refractivity contribution >= 4 is 34.8 Å². The molecule has 2 saturated heterocycles. The van der Waals surface area contributed by atoms with E-state index in [0.717, 1.165) is 31.7 Å². The van der Waals surface area contributed by atoms with Gasteiger partial charge in [0.15, 0.2) is 0 Å². The third-order valence-corrected chi connectivity index (χ3v) is 8.16. The van der Waals surface area contributed by atoms with Gasteiger partial charge in [0.1, 0.15) is 0 Å². The summed E-state index contributed by atoms with van der Waals surface area (Å²) in [6.45, 7) is 6.66. The van der Waals surface area contributed by atoms with Crippen LogP contribution in [0.5, 0.6) is 0 Å². The number of halogens is 2. The van der Waals surface area contributed by atoms with Crippen LogP contribution in [0.3, 0.4) is 0 Å². The van der Waals surface area contributed by atoms with Gasteiger partial charge in [0.2, 0.25) is 5.91 Å². The summed E-state index contributed by atoms with van der Waals surface area (Å²) in [7, 11) is 0. The number of piperidine rings is 1. The lowest BCUT2D eigenvalue weighted by atomic mass is 9.93. The molecule has 1 amide bonds. The van der Waals surface area contributed by atoms with Crippen LogP contribution in [0.2, 0.25) is 10.0 Å². The third-order valence-electron chi connectivity index (χ3n) is 7.42. The lowest BCUT2D eigenvalue weighted by Crippen LogP contribution is -2.48.